The summed E-state index contributed by atoms with van der Waals surface area (Å²) in [5, 5.41) is 0. The molecule has 4 aromatic rings. The second-order valence-electron chi connectivity index (χ2n) is 7.87. The summed E-state index contributed by atoms with van der Waals surface area (Å²) >= 11 is 0. The number of nitrogens with one attached hydrogen (secondary N) is 2. The van der Waals surface area contributed by atoms with E-state index in [0.29, 0.717) is 11.6 Å². The number of hydrogen-bond acceptors (Lipinski definition) is 8. The molecule has 38 heavy (non-hydrogen) atoms. The van der Waals surface area contributed by atoms with Crippen LogP contribution in [0, 0.1) is 0 Å². The lowest BCUT2D eigenvalue weighted by Gasteiger charge is -2.13. The highest BCUT2D eigenvalue weighted by atomic mass is 32.3. The lowest BCUT2D eigenvalue weighted by atomic mass is 10.1. The first-order valence-corrected chi connectivity index (χ1v) is 16.6. The van der Waals surface area contributed by atoms with Crippen molar-refractivity contribution < 1.29 is 33.7 Å². The van der Waals surface area contributed by atoms with Gasteiger partial charge in [0.25, 0.3) is 40.1 Å². The summed E-state index contributed by atoms with van der Waals surface area (Å²) in [5.41, 5.74) is 0.487. The Morgan fingerprint density at radius 2 is 0.658 bits per heavy atom. The molecule has 0 unspecified atom stereocenters. The molecule has 0 aliphatic rings. The van der Waals surface area contributed by atoms with Gasteiger partial charge in [-0.1, -0.05) is 66.7 Å². The number of sulfonamides is 4. The standard InChI is InChI=1S/C24H20N2O8S4/c27-35(28,21-12-6-2-7-13-21)25-37(31,32)23-16-20(19-10-4-1-5-11-19)17-24(18-23)38(33,34)26-36(29,30)22-14-8-3-9-15-22/h1-18,25-26H. The van der Waals surface area contributed by atoms with Crippen molar-refractivity contribution in [2.45, 2.75) is 19.6 Å². The maximum Gasteiger partial charge on any atom is 0.253 e. The van der Waals surface area contributed by atoms with E-state index in [1.165, 1.54) is 48.5 Å². The molecular formula is C24H20N2O8S4. The Morgan fingerprint density at radius 3 is 1.03 bits per heavy atom. The molecule has 4 aromatic carbocycles. The molecule has 0 aliphatic heterocycles. The van der Waals surface area contributed by atoms with Crippen LogP contribution in [0.3, 0.4) is 0 Å². The van der Waals surface area contributed by atoms with E-state index < -0.39 is 49.9 Å². The molecule has 14 heteroatoms. The predicted molar refractivity (Wildman–Crippen MR) is 140 cm³/mol. The summed E-state index contributed by atoms with van der Waals surface area (Å²) in [6, 6.07) is 24.4. The van der Waals surface area contributed by atoms with Gasteiger partial charge in [-0.05, 0) is 53.6 Å². The molecule has 0 heterocycles. The van der Waals surface area contributed by atoms with Crippen LogP contribution in [-0.2, 0) is 40.1 Å². The zero-order valence-corrected chi connectivity index (χ0v) is 22.6. The van der Waals surface area contributed by atoms with Gasteiger partial charge in [-0.25, -0.2) is 33.7 Å². The zero-order chi connectivity index (χ0) is 27.6. The highest BCUT2D eigenvalue weighted by Gasteiger charge is 2.29. The highest BCUT2D eigenvalue weighted by Crippen LogP contribution is 2.28. The normalized spacial score (nSPS) is 12.7. The van der Waals surface area contributed by atoms with E-state index in [0.717, 1.165) is 12.1 Å². The van der Waals surface area contributed by atoms with Crippen molar-refractivity contribution in [2.75, 3.05) is 0 Å². The Morgan fingerprint density at radius 1 is 0.342 bits per heavy atom. The van der Waals surface area contributed by atoms with Crippen LogP contribution in [0.15, 0.2) is 129 Å². The Hall–Kier alpha value is -3.40. The maximum absolute atomic E-state index is 13.2. The molecule has 4 rings (SSSR count). The van der Waals surface area contributed by atoms with Gasteiger partial charge >= 0.3 is 0 Å². The van der Waals surface area contributed by atoms with Crippen LogP contribution in [0.25, 0.3) is 11.1 Å². The van der Waals surface area contributed by atoms with Crippen molar-refractivity contribution in [3.63, 3.8) is 0 Å². The third kappa shape index (κ3) is 6.18. The first kappa shape index (κ1) is 27.6. The Bertz CT molecular complexity index is 1780. The molecule has 0 saturated heterocycles. The lowest BCUT2D eigenvalue weighted by molar-refractivity contribution is 0.575. The van der Waals surface area contributed by atoms with E-state index in [1.807, 2.05) is 0 Å². The fraction of sp³-hybridized carbons (Fsp3) is 0. The average Bonchev–Trinajstić information content (AvgIpc) is 2.89. The highest BCUT2D eigenvalue weighted by molar-refractivity contribution is 8.05. The largest absolute Gasteiger partial charge is 0.253 e. The monoisotopic (exact) mass is 592 g/mol. The minimum Gasteiger partial charge on any atom is -0.206 e. The van der Waals surface area contributed by atoms with Gasteiger partial charge in [-0.15, -0.1) is 8.25 Å². The minimum absolute atomic E-state index is 0.0862. The average molecular weight is 593 g/mol. The van der Waals surface area contributed by atoms with Crippen molar-refractivity contribution >= 4 is 40.1 Å². The first-order valence-electron chi connectivity index (χ1n) is 10.7. The molecule has 2 N–H and O–H groups in total. The second kappa shape index (κ2) is 10.4. The third-order valence-electron chi connectivity index (χ3n) is 5.15. The van der Waals surface area contributed by atoms with E-state index in [4.69, 9.17) is 0 Å². The smallest absolute Gasteiger partial charge is 0.206 e. The summed E-state index contributed by atoms with van der Waals surface area (Å²) in [4.78, 5) is -2.08. The van der Waals surface area contributed by atoms with Gasteiger partial charge < -0.3 is 0 Å². The molecular weight excluding hydrogens is 573 g/mol. The fourth-order valence-electron chi connectivity index (χ4n) is 3.36. The molecule has 0 aliphatic carbocycles. The molecule has 0 spiro atoms. The molecule has 0 radical (unpaired) electrons. The van der Waals surface area contributed by atoms with Gasteiger partial charge in [0.05, 0.1) is 19.6 Å². The van der Waals surface area contributed by atoms with Crippen LogP contribution in [0.2, 0.25) is 0 Å². The van der Waals surface area contributed by atoms with Crippen molar-refractivity contribution in [1.29, 1.82) is 0 Å². The van der Waals surface area contributed by atoms with E-state index in [9.17, 15) is 33.7 Å². The molecule has 0 saturated carbocycles. The predicted octanol–water partition coefficient (Wildman–Crippen LogP) is 2.69. The van der Waals surface area contributed by atoms with Gasteiger partial charge in [0.15, 0.2) is 0 Å². The first-order chi connectivity index (χ1) is 17.8. The Balaban J connectivity index is 1.83. The number of hydrogen-bond donors (Lipinski definition) is 2. The lowest BCUT2D eigenvalue weighted by Crippen LogP contribution is -2.32. The topological polar surface area (TPSA) is 161 Å². The molecule has 0 bridgehead atoms. The fourth-order valence-corrected chi connectivity index (χ4v) is 9.44. The summed E-state index contributed by atoms with van der Waals surface area (Å²) in [6.45, 7) is 0. The van der Waals surface area contributed by atoms with Crippen molar-refractivity contribution in [3.05, 3.63) is 109 Å². The Labute approximate surface area is 221 Å². The van der Waals surface area contributed by atoms with Crippen LogP contribution in [0.1, 0.15) is 0 Å². The summed E-state index contributed by atoms with van der Waals surface area (Å²) in [6.07, 6.45) is 0. The number of rotatable bonds is 9. The van der Waals surface area contributed by atoms with Crippen molar-refractivity contribution in [3.8, 4) is 11.1 Å². The van der Waals surface area contributed by atoms with Gasteiger partial charge in [0.2, 0.25) is 0 Å². The Kier molecular flexibility index (Phi) is 7.56. The zero-order valence-electron chi connectivity index (χ0n) is 19.3. The molecule has 0 atom stereocenters. The van der Waals surface area contributed by atoms with Crippen LogP contribution in [-0.4, -0.2) is 33.7 Å². The van der Waals surface area contributed by atoms with Crippen LogP contribution in [0.5, 0.6) is 0 Å². The van der Waals surface area contributed by atoms with E-state index in [1.54, 1.807) is 50.7 Å². The van der Waals surface area contributed by atoms with E-state index in [2.05, 4.69) is 0 Å². The summed E-state index contributed by atoms with van der Waals surface area (Å²) in [7, 11) is -18.8. The molecule has 0 fully saturated rings. The quantitative estimate of drug-likeness (QED) is 0.300. The molecule has 10 nitrogen and oxygen atoms in total. The van der Waals surface area contributed by atoms with E-state index >= 15 is 0 Å². The summed E-state index contributed by atoms with van der Waals surface area (Å²) < 4.78 is 107. The van der Waals surface area contributed by atoms with Crippen LogP contribution >= 0.6 is 0 Å². The van der Waals surface area contributed by atoms with Crippen LogP contribution < -0.4 is 8.25 Å². The number of benzene rings is 4. The van der Waals surface area contributed by atoms with Crippen molar-refractivity contribution in [1.82, 2.24) is 8.25 Å². The third-order valence-corrected chi connectivity index (χ3v) is 12.2. The second-order valence-corrected chi connectivity index (χ2v) is 15.1. The SMILES string of the molecule is O=S(=O)(NS(=O)(=O)c1cc(-c2ccccc2)cc(S(=O)(=O)NS(=O)(=O)c2ccccc2)c1)c1ccccc1. The molecule has 198 valence electrons. The molecule has 0 aromatic heterocycles. The maximum atomic E-state index is 13.2. The minimum atomic E-state index is -4.85. The molecule has 0 amide bonds. The van der Waals surface area contributed by atoms with Gasteiger partial charge in [-0.3, -0.25) is 0 Å². The van der Waals surface area contributed by atoms with Crippen LogP contribution in [0.4, 0.5) is 0 Å². The van der Waals surface area contributed by atoms with Gasteiger partial charge in [-0.2, -0.15) is 0 Å². The van der Waals surface area contributed by atoms with E-state index in [-0.39, 0.29) is 15.4 Å². The van der Waals surface area contributed by atoms with Gasteiger partial charge in [0, 0.05) is 0 Å². The summed E-state index contributed by atoms with van der Waals surface area (Å²) in [5.74, 6) is 0. The van der Waals surface area contributed by atoms with Gasteiger partial charge in [0.1, 0.15) is 0 Å². The van der Waals surface area contributed by atoms with Crippen molar-refractivity contribution in [2.24, 2.45) is 0 Å².